The van der Waals surface area contributed by atoms with Crippen LogP contribution in [-0.4, -0.2) is 0 Å². The van der Waals surface area contributed by atoms with Crippen LogP contribution < -0.4 is 0 Å². The molecule has 24 heavy (non-hydrogen) atoms. The molecule has 2 aliphatic rings. The SMILES string of the molecule is C.CC1CCC(C2CC=C(c3ccc(C(F)(F)F)cc3)CC2)CC1.[HH]. The first-order chi connectivity index (χ1) is 10.9. The van der Waals surface area contributed by atoms with E-state index in [2.05, 4.69) is 13.0 Å². The van der Waals surface area contributed by atoms with Crippen LogP contribution in [0, 0.1) is 17.8 Å². The predicted molar refractivity (Wildman–Crippen MR) is 96.7 cm³/mol. The normalized spacial score (nSPS) is 28.0. The Morgan fingerprint density at radius 3 is 2.04 bits per heavy atom. The maximum absolute atomic E-state index is 12.6. The fourth-order valence-electron chi connectivity index (χ4n) is 4.18. The van der Waals surface area contributed by atoms with Gasteiger partial charge in [-0.3, -0.25) is 0 Å². The van der Waals surface area contributed by atoms with Crippen molar-refractivity contribution in [1.82, 2.24) is 0 Å². The van der Waals surface area contributed by atoms with Crippen LogP contribution >= 0.6 is 0 Å². The number of hydrogen-bond donors (Lipinski definition) is 0. The topological polar surface area (TPSA) is 0 Å². The zero-order valence-electron chi connectivity index (χ0n) is 13.7. The third kappa shape index (κ3) is 4.43. The number of allylic oxidation sites excluding steroid dienone is 2. The Morgan fingerprint density at radius 2 is 1.54 bits per heavy atom. The minimum Gasteiger partial charge on any atom is -0.166 e. The molecule has 0 saturated heterocycles. The smallest absolute Gasteiger partial charge is 0.166 e. The van der Waals surface area contributed by atoms with Crippen LogP contribution in [0.5, 0.6) is 0 Å². The molecule has 136 valence electrons. The lowest BCUT2D eigenvalue weighted by atomic mass is 9.71. The molecule has 3 heteroatoms. The van der Waals surface area contributed by atoms with Crippen LogP contribution in [0.4, 0.5) is 13.2 Å². The average molecular weight is 340 g/mol. The van der Waals surface area contributed by atoms with Gasteiger partial charge in [0.1, 0.15) is 0 Å². The van der Waals surface area contributed by atoms with Gasteiger partial charge in [0.25, 0.3) is 0 Å². The van der Waals surface area contributed by atoms with Gasteiger partial charge in [-0.1, -0.05) is 45.4 Å². The largest absolute Gasteiger partial charge is 0.416 e. The van der Waals surface area contributed by atoms with Crippen LogP contribution in [0.15, 0.2) is 30.3 Å². The number of alkyl halides is 3. The Labute approximate surface area is 145 Å². The summed E-state index contributed by atoms with van der Waals surface area (Å²) in [6, 6.07) is 5.64. The van der Waals surface area contributed by atoms with E-state index < -0.39 is 11.7 Å². The zero-order chi connectivity index (χ0) is 16.4. The number of benzene rings is 1. The summed E-state index contributed by atoms with van der Waals surface area (Å²) in [6.45, 7) is 2.35. The minimum atomic E-state index is -4.25. The highest BCUT2D eigenvalue weighted by Crippen LogP contribution is 2.41. The molecule has 0 aromatic heterocycles. The molecule has 0 aliphatic heterocycles. The maximum Gasteiger partial charge on any atom is 0.416 e. The zero-order valence-corrected chi connectivity index (χ0v) is 13.7. The third-order valence-corrected chi connectivity index (χ3v) is 5.76. The highest BCUT2D eigenvalue weighted by Gasteiger charge is 2.30. The molecule has 1 aromatic rings. The van der Waals surface area contributed by atoms with Gasteiger partial charge in [-0.15, -0.1) is 0 Å². The first-order valence-corrected chi connectivity index (χ1v) is 8.80. The molecule has 2 aliphatic carbocycles. The van der Waals surface area contributed by atoms with E-state index in [0.717, 1.165) is 36.2 Å². The Bertz CT molecular complexity index is 551. The summed E-state index contributed by atoms with van der Waals surface area (Å²) >= 11 is 0. The van der Waals surface area contributed by atoms with Crippen LogP contribution in [-0.2, 0) is 6.18 Å². The van der Waals surface area contributed by atoms with Gasteiger partial charge >= 0.3 is 6.18 Å². The average Bonchev–Trinajstić information content (AvgIpc) is 2.55. The second-order valence-corrected chi connectivity index (χ2v) is 7.36. The molecule has 0 heterocycles. The molecule has 1 saturated carbocycles. The second kappa shape index (κ2) is 7.76. The van der Waals surface area contributed by atoms with Gasteiger partial charge in [-0.05, 0) is 73.1 Å². The quantitative estimate of drug-likeness (QED) is 0.520. The fourth-order valence-corrected chi connectivity index (χ4v) is 4.18. The minimum absolute atomic E-state index is 0. The lowest BCUT2D eigenvalue weighted by Gasteiger charge is -2.34. The van der Waals surface area contributed by atoms with Crippen molar-refractivity contribution in [3.8, 4) is 0 Å². The van der Waals surface area contributed by atoms with Gasteiger partial charge in [0.15, 0.2) is 0 Å². The van der Waals surface area contributed by atoms with Gasteiger partial charge in [0, 0.05) is 1.43 Å². The molecule has 0 amide bonds. The summed E-state index contributed by atoms with van der Waals surface area (Å²) in [5.74, 6) is 2.52. The van der Waals surface area contributed by atoms with Crippen molar-refractivity contribution in [2.75, 3.05) is 0 Å². The number of rotatable bonds is 2. The maximum atomic E-state index is 12.6. The number of hydrogen-bond acceptors (Lipinski definition) is 0. The summed E-state index contributed by atoms with van der Waals surface area (Å²) in [5.41, 5.74) is 1.61. The van der Waals surface area contributed by atoms with E-state index in [4.69, 9.17) is 0 Å². The highest BCUT2D eigenvalue weighted by molar-refractivity contribution is 5.66. The van der Waals surface area contributed by atoms with E-state index in [1.54, 1.807) is 12.1 Å². The third-order valence-electron chi connectivity index (χ3n) is 5.76. The van der Waals surface area contributed by atoms with E-state index >= 15 is 0 Å². The van der Waals surface area contributed by atoms with Crippen LogP contribution in [0.3, 0.4) is 0 Å². The molecular weight excluding hydrogens is 309 g/mol. The van der Waals surface area contributed by atoms with Crippen molar-refractivity contribution >= 4 is 5.57 Å². The molecule has 3 rings (SSSR count). The predicted octanol–water partition coefficient (Wildman–Crippen LogP) is 7.60. The van der Waals surface area contributed by atoms with E-state index in [0.29, 0.717) is 0 Å². The molecule has 1 fully saturated rings. The highest BCUT2D eigenvalue weighted by atomic mass is 19.4. The lowest BCUT2D eigenvalue weighted by Crippen LogP contribution is -2.22. The van der Waals surface area contributed by atoms with E-state index in [1.165, 1.54) is 49.8 Å². The van der Waals surface area contributed by atoms with E-state index in [1.807, 2.05) is 0 Å². The monoisotopic (exact) mass is 340 g/mol. The molecule has 1 unspecified atom stereocenters. The van der Waals surface area contributed by atoms with Crippen molar-refractivity contribution in [3.05, 3.63) is 41.5 Å². The lowest BCUT2D eigenvalue weighted by molar-refractivity contribution is -0.137. The first-order valence-electron chi connectivity index (χ1n) is 8.80. The van der Waals surface area contributed by atoms with Crippen molar-refractivity contribution in [3.63, 3.8) is 0 Å². The fraction of sp³-hybridized carbons (Fsp3) is 0.619. The van der Waals surface area contributed by atoms with Gasteiger partial charge in [-0.2, -0.15) is 13.2 Å². The van der Waals surface area contributed by atoms with E-state index in [9.17, 15) is 13.2 Å². The summed E-state index contributed by atoms with van der Waals surface area (Å²) in [5, 5.41) is 0. The first kappa shape index (κ1) is 19.1. The van der Waals surface area contributed by atoms with Crippen molar-refractivity contribution in [2.45, 2.75) is 65.5 Å². The van der Waals surface area contributed by atoms with Crippen molar-refractivity contribution < 1.29 is 14.6 Å². The Balaban J connectivity index is 0.00000156. The van der Waals surface area contributed by atoms with Crippen LogP contribution in [0.1, 0.15) is 71.8 Å². The van der Waals surface area contributed by atoms with E-state index in [-0.39, 0.29) is 8.85 Å². The molecular formula is C21H31F3. The summed E-state index contributed by atoms with van der Waals surface area (Å²) < 4.78 is 37.9. The molecule has 0 nitrogen and oxygen atoms in total. The molecule has 0 spiro atoms. The van der Waals surface area contributed by atoms with Crippen molar-refractivity contribution in [2.24, 2.45) is 17.8 Å². The summed E-state index contributed by atoms with van der Waals surface area (Å²) in [7, 11) is 0. The Kier molecular flexibility index (Phi) is 6.17. The molecule has 1 atom stereocenters. The van der Waals surface area contributed by atoms with Crippen LogP contribution in [0.2, 0.25) is 0 Å². The summed E-state index contributed by atoms with van der Waals surface area (Å²) in [4.78, 5) is 0. The molecule has 1 aromatic carbocycles. The van der Waals surface area contributed by atoms with Crippen LogP contribution in [0.25, 0.3) is 5.57 Å². The van der Waals surface area contributed by atoms with Crippen molar-refractivity contribution in [1.29, 1.82) is 0 Å². The molecule has 0 bridgehead atoms. The molecule has 0 radical (unpaired) electrons. The Hall–Kier alpha value is -1.25. The van der Waals surface area contributed by atoms with Gasteiger partial charge in [0.2, 0.25) is 0 Å². The van der Waals surface area contributed by atoms with Gasteiger partial charge < -0.3 is 0 Å². The van der Waals surface area contributed by atoms with Gasteiger partial charge in [-0.25, -0.2) is 0 Å². The Morgan fingerprint density at radius 1 is 0.917 bits per heavy atom. The standard InChI is InChI=1S/C20H25F3.CH4.H2/c1-14-2-4-15(5-3-14)16-6-8-17(9-7-16)18-10-12-19(13-11-18)20(21,22)23;;/h8,10-16H,2-7,9H2,1H3;1H4;1H. The van der Waals surface area contributed by atoms with Gasteiger partial charge in [0.05, 0.1) is 5.56 Å². The molecule has 0 N–H and O–H groups in total. The second-order valence-electron chi connectivity index (χ2n) is 7.36. The number of halogens is 3. The summed E-state index contributed by atoms with van der Waals surface area (Å²) in [6.07, 6.45) is 6.73.